The third-order valence-corrected chi connectivity index (χ3v) is 9.89. The van der Waals surface area contributed by atoms with E-state index in [0.717, 1.165) is 19.4 Å². The Kier molecular flexibility index (Phi) is 7.31. The predicted molar refractivity (Wildman–Crippen MR) is 158 cm³/mol. The summed E-state index contributed by atoms with van der Waals surface area (Å²) < 4.78 is 64.5. The summed E-state index contributed by atoms with van der Waals surface area (Å²) in [4.78, 5) is 28.4. The van der Waals surface area contributed by atoms with Crippen molar-refractivity contribution >= 4 is 28.2 Å². The Morgan fingerprint density at radius 3 is 2.76 bits per heavy atom. The van der Waals surface area contributed by atoms with E-state index < -0.39 is 41.9 Å². The molecular weight excluding hydrogens is 594 g/mol. The molecule has 2 N–H and O–H groups in total. The highest BCUT2D eigenvalue weighted by atomic mass is 19.3. The number of aliphatic hydroxyl groups excluding tert-OH is 1. The molecule has 1 amide bonds. The predicted octanol–water partition coefficient (Wildman–Crippen LogP) is 4.75. The molecule has 3 atom stereocenters. The average molecular weight is 630 g/mol. The van der Waals surface area contributed by atoms with Crippen LogP contribution < -0.4 is 14.5 Å². The normalized spacial score (nSPS) is 26.4. The number of hydrogen-bond donors (Lipinski definition) is 2. The average Bonchev–Trinajstić information content (AvgIpc) is 3.61. The zero-order valence-corrected chi connectivity index (χ0v) is 24.9. The van der Waals surface area contributed by atoms with Gasteiger partial charge in [-0.15, -0.1) is 0 Å². The summed E-state index contributed by atoms with van der Waals surface area (Å²) in [5.41, 5.74) is 0.570. The molecule has 7 rings (SSSR count). The topological polar surface area (TPSA) is 102 Å². The number of nitrogens with zero attached hydrogens (tertiary/aromatic N) is 5. The zero-order chi connectivity index (χ0) is 31.7. The lowest BCUT2D eigenvalue weighted by Gasteiger charge is -2.31. The lowest BCUT2D eigenvalue weighted by atomic mass is 9.95. The molecule has 0 aliphatic carbocycles. The van der Waals surface area contributed by atoms with Crippen molar-refractivity contribution in [2.45, 2.75) is 75.7 Å². The van der Waals surface area contributed by atoms with E-state index >= 15 is 0 Å². The lowest BCUT2D eigenvalue weighted by molar-refractivity contribution is -0.108. The number of carbonyl (C=O) groups is 1. The third-order valence-electron chi connectivity index (χ3n) is 9.89. The quantitative estimate of drug-likeness (QED) is 0.377. The first kappa shape index (κ1) is 30.0. The maximum absolute atomic E-state index is 14.9. The number of anilines is 2. The molecule has 2 aromatic carbocycles. The lowest BCUT2D eigenvalue weighted by Crippen LogP contribution is -2.43. The number of hydrogen-bond acceptors (Lipinski definition) is 8. The van der Waals surface area contributed by atoms with E-state index in [2.05, 4.69) is 14.9 Å². The van der Waals surface area contributed by atoms with Crippen LogP contribution in [0.15, 0.2) is 24.3 Å². The van der Waals surface area contributed by atoms with Crippen molar-refractivity contribution < 1.29 is 37.3 Å². The van der Waals surface area contributed by atoms with Crippen molar-refractivity contribution in [3.05, 3.63) is 46.9 Å². The fourth-order valence-corrected chi connectivity index (χ4v) is 7.60. The van der Waals surface area contributed by atoms with Crippen molar-refractivity contribution in [1.29, 1.82) is 0 Å². The summed E-state index contributed by atoms with van der Waals surface area (Å²) in [6.45, 7) is 2.81. The highest BCUT2D eigenvalue weighted by Gasteiger charge is 2.50. The van der Waals surface area contributed by atoms with Gasteiger partial charge in [0.2, 0.25) is 0 Å². The molecule has 1 aromatic heterocycles. The van der Waals surface area contributed by atoms with E-state index in [-0.39, 0.29) is 67.2 Å². The van der Waals surface area contributed by atoms with Gasteiger partial charge >= 0.3 is 6.01 Å². The first-order chi connectivity index (χ1) is 21.5. The van der Waals surface area contributed by atoms with Gasteiger partial charge in [-0.2, -0.15) is 9.97 Å². The van der Waals surface area contributed by atoms with E-state index in [0.29, 0.717) is 35.7 Å². The Labute approximate surface area is 257 Å². The molecule has 0 saturated carbocycles. The molecule has 45 heavy (non-hydrogen) atoms. The fraction of sp³-hybridized carbons (Fsp3) is 0.531. The second-order valence-electron chi connectivity index (χ2n) is 12.7. The van der Waals surface area contributed by atoms with Crippen LogP contribution in [0.25, 0.3) is 10.8 Å². The third kappa shape index (κ3) is 5.04. The number of amides is 1. The number of aryl methyl sites for hydroxylation is 1. The smallest absolute Gasteiger partial charge is 0.318 e. The van der Waals surface area contributed by atoms with E-state index in [1.54, 1.807) is 11.8 Å². The SMILES string of the molecule is CCc1c(F)ccc2cc(O)cc(N3Cc4nc(OCC56CCCN5CC(F)C6)nc(N5CCC(O)C(F)(F)CC5)c4C3=O)c12. The van der Waals surface area contributed by atoms with Crippen LogP contribution in [0, 0.1) is 5.82 Å². The first-order valence-electron chi connectivity index (χ1n) is 15.5. The standard InChI is InChI=1S/C32H35F4N5O4/c1-2-21-22(34)5-4-18-12-20(42)13-24(26(18)21)41-16-23-27(29(41)44)28(39-10-6-25(43)32(35,36)8-11-39)38-30(37-23)45-17-31-7-3-9-40(31)15-19(33)14-31/h4-5,12-13,19,25,42-43H,2-3,6-11,14-17H2,1H3. The molecule has 3 fully saturated rings. The zero-order valence-electron chi connectivity index (χ0n) is 24.9. The summed E-state index contributed by atoms with van der Waals surface area (Å²) in [5, 5.41) is 21.7. The number of ether oxygens (including phenoxy) is 1. The molecule has 4 aliphatic heterocycles. The molecule has 3 unspecified atom stereocenters. The highest BCUT2D eigenvalue weighted by Crippen LogP contribution is 2.43. The number of halogens is 4. The van der Waals surface area contributed by atoms with Crippen LogP contribution in [-0.2, 0) is 13.0 Å². The Balaban J connectivity index is 1.30. The largest absolute Gasteiger partial charge is 0.508 e. The number of aromatic nitrogens is 2. The summed E-state index contributed by atoms with van der Waals surface area (Å²) in [6, 6.07) is 5.71. The number of benzene rings is 2. The number of fused-ring (bicyclic) bond motifs is 3. The molecule has 4 aliphatic rings. The molecule has 5 heterocycles. The van der Waals surface area contributed by atoms with Gasteiger partial charge < -0.3 is 24.7 Å². The molecular formula is C32H35F4N5O4. The van der Waals surface area contributed by atoms with Crippen LogP contribution in [0.3, 0.4) is 0 Å². The van der Waals surface area contributed by atoms with E-state index in [1.165, 1.54) is 29.2 Å². The number of carbonyl (C=O) groups excluding carboxylic acids is 1. The number of rotatable bonds is 6. The molecule has 9 nitrogen and oxygen atoms in total. The number of aromatic hydroxyl groups is 1. The first-order valence-corrected chi connectivity index (χ1v) is 15.5. The minimum Gasteiger partial charge on any atom is -0.508 e. The van der Waals surface area contributed by atoms with Crippen molar-refractivity contribution in [3.8, 4) is 11.8 Å². The molecule has 0 bridgehead atoms. The van der Waals surface area contributed by atoms with Crippen molar-refractivity contribution in [2.24, 2.45) is 0 Å². The fourth-order valence-electron chi connectivity index (χ4n) is 7.60. The minimum absolute atomic E-state index is 0.00836. The second kappa shape index (κ2) is 11.0. The molecule has 3 aromatic rings. The maximum Gasteiger partial charge on any atom is 0.318 e. The molecule has 0 radical (unpaired) electrons. The number of alkyl halides is 3. The maximum atomic E-state index is 14.9. The van der Waals surface area contributed by atoms with Crippen LogP contribution in [0.1, 0.15) is 60.6 Å². The van der Waals surface area contributed by atoms with Crippen LogP contribution in [0.2, 0.25) is 0 Å². The molecule has 240 valence electrons. The number of aliphatic hydroxyl groups is 1. The van der Waals surface area contributed by atoms with Gasteiger partial charge in [-0.25, -0.2) is 17.6 Å². The van der Waals surface area contributed by atoms with Crippen LogP contribution in [-0.4, -0.2) is 87.5 Å². The number of phenols is 1. The van der Waals surface area contributed by atoms with E-state index in [4.69, 9.17) is 4.74 Å². The summed E-state index contributed by atoms with van der Waals surface area (Å²) in [5.74, 6) is -4.29. The molecule has 3 saturated heterocycles. The Hall–Kier alpha value is -3.71. The summed E-state index contributed by atoms with van der Waals surface area (Å²) in [6.07, 6.45) is -1.35. The van der Waals surface area contributed by atoms with E-state index in [9.17, 15) is 32.6 Å². The van der Waals surface area contributed by atoms with Crippen molar-refractivity contribution in [1.82, 2.24) is 14.9 Å². The number of phenolic OH excluding ortho intramolecular Hbond substituents is 1. The van der Waals surface area contributed by atoms with Crippen LogP contribution in [0.4, 0.5) is 29.1 Å². The van der Waals surface area contributed by atoms with Gasteiger partial charge in [0.15, 0.2) is 0 Å². The minimum atomic E-state index is -3.31. The van der Waals surface area contributed by atoms with Crippen LogP contribution in [0.5, 0.6) is 11.8 Å². The van der Waals surface area contributed by atoms with Gasteiger partial charge in [-0.1, -0.05) is 13.0 Å². The monoisotopic (exact) mass is 629 g/mol. The van der Waals surface area contributed by atoms with Crippen LogP contribution >= 0.6 is 0 Å². The van der Waals surface area contributed by atoms with Crippen molar-refractivity contribution in [2.75, 3.05) is 42.6 Å². The van der Waals surface area contributed by atoms with Gasteiger partial charge in [-0.05, 0) is 55.3 Å². The Bertz CT molecular complexity index is 1670. The second-order valence-corrected chi connectivity index (χ2v) is 12.7. The Morgan fingerprint density at radius 1 is 1.13 bits per heavy atom. The highest BCUT2D eigenvalue weighted by molar-refractivity contribution is 6.16. The summed E-state index contributed by atoms with van der Waals surface area (Å²) in [7, 11) is 0. The summed E-state index contributed by atoms with van der Waals surface area (Å²) >= 11 is 0. The van der Waals surface area contributed by atoms with Gasteiger partial charge in [0.05, 0.1) is 23.5 Å². The van der Waals surface area contributed by atoms with Gasteiger partial charge in [0.1, 0.15) is 41.8 Å². The van der Waals surface area contributed by atoms with Gasteiger partial charge in [-0.3, -0.25) is 9.69 Å². The Morgan fingerprint density at radius 2 is 1.96 bits per heavy atom. The van der Waals surface area contributed by atoms with Crippen molar-refractivity contribution in [3.63, 3.8) is 0 Å². The molecule has 13 heteroatoms. The van der Waals surface area contributed by atoms with Gasteiger partial charge in [0.25, 0.3) is 11.8 Å². The van der Waals surface area contributed by atoms with Gasteiger partial charge in [0, 0.05) is 43.9 Å². The van der Waals surface area contributed by atoms with E-state index in [1.807, 2.05) is 0 Å². The molecule has 0 spiro atoms.